The molecule has 134 valence electrons. The number of aryl methyl sites for hydroxylation is 1. The predicted octanol–water partition coefficient (Wildman–Crippen LogP) is 3.61. The lowest BCUT2D eigenvalue weighted by Crippen LogP contribution is -2.35. The minimum absolute atomic E-state index is 0.161. The minimum Gasteiger partial charge on any atom is -0.377 e. The van der Waals surface area contributed by atoms with Crippen molar-refractivity contribution in [3.8, 4) is 0 Å². The molecule has 4 nitrogen and oxygen atoms in total. The normalized spacial score (nSPS) is 18.4. The number of ether oxygens (including phenoxy) is 1. The van der Waals surface area contributed by atoms with Crippen molar-refractivity contribution < 1.29 is 9.13 Å². The molecule has 0 saturated carbocycles. The van der Waals surface area contributed by atoms with Gasteiger partial charge in [-0.3, -0.25) is 4.90 Å². The molecule has 1 aromatic heterocycles. The zero-order chi connectivity index (χ0) is 17.5. The fourth-order valence-electron chi connectivity index (χ4n) is 3.48. The van der Waals surface area contributed by atoms with Crippen molar-refractivity contribution in [3.63, 3.8) is 0 Å². The fourth-order valence-corrected chi connectivity index (χ4v) is 3.48. The largest absolute Gasteiger partial charge is 0.377 e. The smallest absolute Gasteiger partial charge is 0.153 e. The third-order valence-electron chi connectivity index (χ3n) is 4.80. The molecular formula is C20H26FN3O. The zero-order valence-corrected chi connectivity index (χ0v) is 14.8. The summed E-state index contributed by atoms with van der Waals surface area (Å²) >= 11 is 0. The monoisotopic (exact) mass is 343 g/mol. The molecule has 0 bridgehead atoms. The maximum absolute atomic E-state index is 13.0. The maximum atomic E-state index is 13.0. The Kier molecular flexibility index (Phi) is 6.48. The van der Waals surface area contributed by atoms with Crippen molar-refractivity contribution in [1.29, 1.82) is 0 Å². The Morgan fingerprint density at radius 1 is 1.16 bits per heavy atom. The molecule has 0 spiro atoms. The third-order valence-corrected chi connectivity index (χ3v) is 4.80. The Morgan fingerprint density at radius 2 is 1.92 bits per heavy atom. The number of piperidine rings is 1. The number of benzene rings is 1. The van der Waals surface area contributed by atoms with Crippen LogP contribution < -0.4 is 0 Å². The first-order valence-electron chi connectivity index (χ1n) is 8.98. The molecule has 2 heterocycles. The second-order valence-corrected chi connectivity index (χ2v) is 6.85. The summed E-state index contributed by atoms with van der Waals surface area (Å²) in [4.78, 5) is 11.2. The van der Waals surface area contributed by atoms with E-state index >= 15 is 0 Å². The van der Waals surface area contributed by atoms with Crippen molar-refractivity contribution in [3.05, 3.63) is 59.4 Å². The predicted molar refractivity (Wildman–Crippen MR) is 95.5 cm³/mol. The van der Waals surface area contributed by atoms with E-state index < -0.39 is 0 Å². The standard InChI is InChI=1S/C20H26FN3O/c1-25-15-20-22-11-18(12-23-20)14-24-10-2-3-17(13-24)5-4-16-6-8-19(21)9-7-16/h6-9,11-12,17H,2-5,10,13-15H2,1H3/t17-/m0/s1. The molecular weight excluding hydrogens is 317 g/mol. The summed E-state index contributed by atoms with van der Waals surface area (Å²) in [5.74, 6) is 1.26. The molecule has 1 saturated heterocycles. The van der Waals surface area contributed by atoms with Crippen LogP contribution in [-0.2, 0) is 24.3 Å². The van der Waals surface area contributed by atoms with E-state index in [1.54, 1.807) is 19.2 Å². The summed E-state index contributed by atoms with van der Waals surface area (Å²) in [6.07, 6.45) is 8.50. The van der Waals surface area contributed by atoms with Crippen molar-refractivity contribution in [2.75, 3.05) is 20.2 Å². The fraction of sp³-hybridized carbons (Fsp3) is 0.500. The van der Waals surface area contributed by atoms with Gasteiger partial charge in [-0.05, 0) is 55.8 Å². The Bertz CT molecular complexity index is 645. The summed E-state index contributed by atoms with van der Waals surface area (Å²) < 4.78 is 18.0. The number of hydrogen-bond donors (Lipinski definition) is 0. The van der Waals surface area contributed by atoms with Gasteiger partial charge in [0.15, 0.2) is 5.82 Å². The summed E-state index contributed by atoms with van der Waals surface area (Å²) in [5.41, 5.74) is 2.37. The van der Waals surface area contributed by atoms with Crippen molar-refractivity contribution in [2.24, 2.45) is 5.92 Å². The minimum atomic E-state index is -0.161. The first kappa shape index (κ1) is 18.0. The van der Waals surface area contributed by atoms with Crippen molar-refractivity contribution in [1.82, 2.24) is 14.9 Å². The highest BCUT2D eigenvalue weighted by Gasteiger charge is 2.20. The number of nitrogens with zero attached hydrogens (tertiary/aromatic N) is 3. The molecule has 1 atom stereocenters. The third kappa shape index (κ3) is 5.58. The van der Waals surface area contributed by atoms with Gasteiger partial charge in [0.05, 0.1) is 0 Å². The van der Waals surface area contributed by atoms with Crippen LogP contribution in [0.1, 0.15) is 36.2 Å². The van der Waals surface area contributed by atoms with Gasteiger partial charge < -0.3 is 4.74 Å². The molecule has 3 rings (SSSR count). The Labute approximate surface area is 149 Å². The molecule has 1 aromatic carbocycles. The average molecular weight is 343 g/mol. The van der Waals surface area contributed by atoms with Crippen LogP contribution in [0.5, 0.6) is 0 Å². The van der Waals surface area contributed by atoms with E-state index in [1.807, 2.05) is 24.5 Å². The SMILES string of the molecule is COCc1ncc(CN2CCC[C@@H](CCc3ccc(F)cc3)C2)cn1. The molecule has 25 heavy (non-hydrogen) atoms. The van der Waals surface area contributed by atoms with Crippen LogP contribution in [0, 0.1) is 11.7 Å². The van der Waals surface area contributed by atoms with E-state index in [-0.39, 0.29) is 5.82 Å². The van der Waals surface area contributed by atoms with E-state index in [9.17, 15) is 4.39 Å². The molecule has 0 amide bonds. The van der Waals surface area contributed by atoms with Gasteiger partial charge in [0.25, 0.3) is 0 Å². The molecule has 5 heteroatoms. The van der Waals surface area contributed by atoms with Crippen LogP contribution in [0.2, 0.25) is 0 Å². The first-order chi connectivity index (χ1) is 12.2. The van der Waals surface area contributed by atoms with Gasteiger partial charge >= 0.3 is 0 Å². The molecule has 1 aliphatic rings. The van der Waals surface area contributed by atoms with Gasteiger partial charge in [0.1, 0.15) is 12.4 Å². The van der Waals surface area contributed by atoms with Crippen molar-refractivity contribution in [2.45, 2.75) is 38.8 Å². The summed E-state index contributed by atoms with van der Waals surface area (Å²) in [6.45, 7) is 3.60. The molecule has 1 fully saturated rings. The lowest BCUT2D eigenvalue weighted by atomic mass is 9.91. The number of halogens is 1. The van der Waals surface area contributed by atoms with E-state index in [1.165, 1.54) is 18.4 Å². The van der Waals surface area contributed by atoms with Gasteiger partial charge in [-0.15, -0.1) is 0 Å². The number of likely N-dealkylation sites (tertiary alicyclic amines) is 1. The lowest BCUT2D eigenvalue weighted by molar-refractivity contribution is 0.161. The van der Waals surface area contributed by atoms with Gasteiger partial charge in [0.2, 0.25) is 0 Å². The number of aromatic nitrogens is 2. The number of hydrogen-bond acceptors (Lipinski definition) is 4. The molecule has 1 aliphatic heterocycles. The van der Waals surface area contributed by atoms with Gasteiger partial charge in [-0.25, -0.2) is 14.4 Å². The van der Waals surface area contributed by atoms with E-state index in [0.717, 1.165) is 43.9 Å². The quantitative estimate of drug-likeness (QED) is 0.770. The molecule has 0 aliphatic carbocycles. The molecule has 2 aromatic rings. The highest BCUT2D eigenvalue weighted by atomic mass is 19.1. The van der Waals surface area contributed by atoms with Crippen LogP contribution in [0.3, 0.4) is 0 Å². The number of rotatable bonds is 7. The molecule has 0 unspecified atom stereocenters. The van der Waals surface area contributed by atoms with Gasteiger partial charge in [-0.1, -0.05) is 12.1 Å². The van der Waals surface area contributed by atoms with Crippen LogP contribution in [-0.4, -0.2) is 35.1 Å². The van der Waals surface area contributed by atoms with Gasteiger partial charge in [-0.2, -0.15) is 0 Å². The Morgan fingerprint density at radius 3 is 2.64 bits per heavy atom. The van der Waals surface area contributed by atoms with E-state index in [4.69, 9.17) is 4.74 Å². The second kappa shape index (κ2) is 9.02. The first-order valence-corrected chi connectivity index (χ1v) is 8.98. The van der Waals surface area contributed by atoms with Crippen LogP contribution in [0.15, 0.2) is 36.7 Å². The Balaban J connectivity index is 1.48. The van der Waals surface area contributed by atoms with E-state index in [0.29, 0.717) is 12.5 Å². The zero-order valence-electron chi connectivity index (χ0n) is 14.8. The Hall–Kier alpha value is -1.85. The molecule has 0 N–H and O–H groups in total. The van der Waals surface area contributed by atoms with Crippen LogP contribution >= 0.6 is 0 Å². The number of methoxy groups -OCH3 is 1. The second-order valence-electron chi connectivity index (χ2n) is 6.85. The summed E-state index contributed by atoms with van der Waals surface area (Å²) in [7, 11) is 1.65. The van der Waals surface area contributed by atoms with E-state index in [2.05, 4.69) is 14.9 Å². The maximum Gasteiger partial charge on any atom is 0.153 e. The van der Waals surface area contributed by atoms with Crippen LogP contribution in [0.4, 0.5) is 4.39 Å². The summed E-state index contributed by atoms with van der Waals surface area (Å²) in [6, 6.07) is 6.90. The topological polar surface area (TPSA) is 38.2 Å². The highest BCUT2D eigenvalue weighted by Crippen LogP contribution is 2.23. The molecule has 0 radical (unpaired) electrons. The average Bonchev–Trinajstić information content (AvgIpc) is 2.64. The summed E-state index contributed by atoms with van der Waals surface area (Å²) in [5, 5.41) is 0. The van der Waals surface area contributed by atoms with Crippen LogP contribution in [0.25, 0.3) is 0 Å². The van der Waals surface area contributed by atoms with Crippen molar-refractivity contribution >= 4 is 0 Å². The lowest BCUT2D eigenvalue weighted by Gasteiger charge is -2.32. The van der Waals surface area contributed by atoms with Gasteiger partial charge in [0, 0.05) is 38.2 Å². The highest BCUT2D eigenvalue weighted by molar-refractivity contribution is 5.16.